The molecule has 0 bridgehead atoms. The van der Waals surface area contributed by atoms with E-state index in [4.69, 9.17) is 4.74 Å². The maximum absolute atomic E-state index is 12.8. The Kier molecular flexibility index (Phi) is 4.68. The number of amides is 1. The topological polar surface area (TPSA) is 86.1 Å². The van der Waals surface area contributed by atoms with Crippen molar-refractivity contribution in [1.29, 1.82) is 0 Å². The number of para-hydroxylation sites is 1. The Morgan fingerprint density at radius 1 is 1.22 bits per heavy atom. The van der Waals surface area contributed by atoms with Crippen LogP contribution in [0.3, 0.4) is 0 Å². The fourth-order valence-electron chi connectivity index (χ4n) is 2.11. The minimum atomic E-state index is -0.755. The Morgan fingerprint density at radius 2 is 1.87 bits per heavy atom. The summed E-state index contributed by atoms with van der Waals surface area (Å²) in [5.74, 6) is -0.475. The SMILES string of the molecule is CC(C)C(NC(=O)OC(C)(C)C)C(=O)n1nnc2ccccc21. The number of nitrogens with one attached hydrogen (secondary N) is 1. The number of carbonyl (C=O) groups is 2. The van der Waals surface area contributed by atoms with Crippen molar-refractivity contribution in [3.05, 3.63) is 24.3 Å². The van der Waals surface area contributed by atoms with Crippen molar-refractivity contribution in [3.8, 4) is 0 Å². The van der Waals surface area contributed by atoms with Gasteiger partial charge in [0.2, 0.25) is 0 Å². The highest BCUT2D eigenvalue weighted by Gasteiger charge is 2.29. The summed E-state index contributed by atoms with van der Waals surface area (Å²) in [7, 11) is 0. The van der Waals surface area contributed by atoms with E-state index in [0.29, 0.717) is 11.0 Å². The highest BCUT2D eigenvalue weighted by Crippen LogP contribution is 2.14. The molecule has 2 rings (SSSR count). The average molecular weight is 318 g/mol. The van der Waals surface area contributed by atoms with Gasteiger partial charge < -0.3 is 10.1 Å². The smallest absolute Gasteiger partial charge is 0.408 e. The number of carbonyl (C=O) groups excluding carboxylic acids is 2. The van der Waals surface area contributed by atoms with Crippen LogP contribution in [0.2, 0.25) is 0 Å². The summed E-state index contributed by atoms with van der Waals surface area (Å²) >= 11 is 0. The fourth-order valence-corrected chi connectivity index (χ4v) is 2.11. The lowest BCUT2D eigenvalue weighted by atomic mass is 10.0. The largest absolute Gasteiger partial charge is 0.444 e. The number of benzene rings is 1. The van der Waals surface area contributed by atoms with Gasteiger partial charge >= 0.3 is 6.09 Å². The normalized spacial score (nSPS) is 13.1. The van der Waals surface area contributed by atoms with Gasteiger partial charge in [-0.15, -0.1) is 5.10 Å². The molecule has 0 aliphatic heterocycles. The number of nitrogens with zero attached hydrogens (tertiary/aromatic N) is 3. The molecule has 1 aromatic heterocycles. The van der Waals surface area contributed by atoms with Crippen LogP contribution < -0.4 is 5.32 Å². The van der Waals surface area contributed by atoms with Gasteiger partial charge in [-0.2, -0.15) is 4.68 Å². The van der Waals surface area contributed by atoms with E-state index in [1.54, 1.807) is 39.0 Å². The zero-order valence-electron chi connectivity index (χ0n) is 14.0. The molecule has 0 saturated carbocycles. The van der Waals surface area contributed by atoms with Gasteiger partial charge in [-0.1, -0.05) is 31.2 Å². The van der Waals surface area contributed by atoms with Crippen molar-refractivity contribution in [1.82, 2.24) is 20.3 Å². The third-order valence-corrected chi connectivity index (χ3v) is 3.17. The molecule has 0 spiro atoms. The maximum atomic E-state index is 12.8. The first-order chi connectivity index (χ1) is 10.7. The molecule has 2 aromatic rings. The lowest BCUT2D eigenvalue weighted by molar-refractivity contribution is 0.0462. The predicted molar refractivity (Wildman–Crippen MR) is 86.2 cm³/mol. The molecule has 1 unspecified atom stereocenters. The Morgan fingerprint density at radius 3 is 2.48 bits per heavy atom. The zero-order chi connectivity index (χ0) is 17.2. The van der Waals surface area contributed by atoms with Crippen molar-refractivity contribution in [3.63, 3.8) is 0 Å². The molecule has 7 nitrogen and oxygen atoms in total. The van der Waals surface area contributed by atoms with Gasteiger partial charge in [0.05, 0.1) is 5.52 Å². The van der Waals surface area contributed by atoms with E-state index in [1.807, 2.05) is 19.9 Å². The minimum absolute atomic E-state index is 0.127. The summed E-state index contributed by atoms with van der Waals surface area (Å²) in [6, 6.07) is 6.41. The molecule has 1 amide bonds. The van der Waals surface area contributed by atoms with Crippen LogP contribution in [0.5, 0.6) is 0 Å². The van der Waals surface area contributed by atoms with Gasteiger partial charge in [0.15, 0.2) is 0 Å². The van der Waals surface area contributed by atoms with Crippen LogP contribution in [0.4, 0.5) is 4.79 Å². The molecule has 1 aromatic carbocycles. The standard InChI is InChI=1S/C16H22N4O3/c1-10(2)13(17-15(22)23-16(3,4)5)14(21)20-12-9-7-6-8-11(12)18-19-20/h6-10,13H,1-5H3,(H,17,22). The van der Waals surface area contributed by atoms with Crippen LogP contribution in [0, 0.1) is 5.92 Å². The van der Waals surface area contributed by atoms with Crippen LogP contribution >= 0.6 is 0 Å². The molecular weight excluding hydrogens is 296 g/mol. The lowest BCUT2D eigenvalue weighted by Gasteiger charge is -2.24. The number of hydrogen-bond acceptors (Lipinski definition) is 5. The van der Waals surface area contributed by atoms with Gasteiger partial charge in [-0.05, 0) is 38.8 Å². The van der Waals surface area contributed by atoms with E-state index in [9.17, 15) is 9.59 Å². The second kappa shape index (κ2) is 6.36. The van der Waals surface area contributed by atoms with Crippen molar-refractivity contribution in [2.45, 2.75) is 46.3 Å². The molecule has 23 heavy (non-hydrogen) atoms. The molecule has 1 heterocycles. The number of hydrogen-bond donors (Lipinski definition) is 1. The molecule has 124 valence electrons. The Bertz CT molecular complexity index is 715. The highest BCUT2D eigenvalue weighted by molar-refractivity contribution is 5.93. The molecule has 0 aliphatic carbocycles. The van der Waals surface area contributed by atoms with Gasteiger partial charge in [-0.3, -0.25) is 4.79 Å². The molecule has 0 radical (unpaired) electrons. The van der Waals surface area contributed by atoms with Crippen molar-refractivity contribution < 1.29 is 14.3 Å². The quantitative estimate of drug-likeness (QED) is 0.940. The molecule has 0 aliphatic rings. The Hall–Kier alpha value is -2.44. The number of fused-ring (bicyclic) bond motifs is 1. The summed E-state index contributed by atoms with van der Waals surface area (Å²) in [6.07, 6.45) is -0.631. The lowest BCUT2D eigenvalue weighted by Crippen LogP contribution is -2.48. The van der Waals surface area contributed by atoms with Gasteiger partial charge in [-0.25, -0.2) is 4.79 Å². The number of rotatable bonds is 3. The van der Waals surface area contributed by atoms with Crippen LogP contribution in [0.1, 0.15) is 39.4 Å². The highest BCUT2D eigenvalue weighted by atomic mass is 16.6. The van der Waals surface area contributed by atoms with Crippen molar-refractivity contribution in [2.75, 3.05) is 0 Å². The van der Waals surface area contributed by atoms with Crippen molar-refractivity contribution in [2.24, 2.45) is 5.92 Å². The van der Waals surface area contributed by atoms with E-state index in [0.717, 1.165) is 0 Å². The molecule has 1 atom stereocenters. The molecule has 1 N–H and O–H groups in total. The second-order valence-electron chi connectivity index (χ2n) is 6.70. The van der Waals surface area contributed by atoms with E-state index in [1.165, 1.54) is 4.68 Å². The number of ether oxygens (including phenoxy) is 1. The number of alkyl carbamates (subject to hydrolysis) is 1. The third kappa shape index (κ3) is 4.06. The van der Waals surface area contributed by atoms with E-state index < -0.39 is 17.7 Å². The van der Waals surface area contributed by atoms with Crippen LogP contribution in [0.25, 0.3) is 11.0 Å². The average Bonchev–Trinajstić information content (AvgIpc) is 2.85. The van der Waals surface area contributed by atoms with Crippen LogP contribution in [-0.4, -0.2) is 38.6 Å². The minimum Gasteiger partial charge on any atom is -0.444 e. The zero-order valence-corrected chi connectivity index (χ0v) is 14.0. The first-order valence-corrected chi connectivity index (χ1v) is 7.53. The summed E-state index contributed by atoms with van der Waals surface area (Å²) in [5, 5.41) is 10.5. The summed E-state index contributed by atoms with van der Waals surface area (Å²) in [4.78, 5) is 24.7. The molecule has 0 saturated heterocycles. The van der Waals surface area contributed by atoms with Gasteiger partial charge in [0.1, 0.15) is 17.2 Å². The molecule has 7 heteroatoms. The van der Waals surface area contributed by atoms with Crippen LogP contribution in [0.15, 0.2) is 24.3 Å². The summed E-state index contributed by atoms with van der Waals surface area (Å²) < 4.78 is 6.45. The van der Waals surface area contributed by atoms with E-state index in [2.05, 4.69) is 15.6 Å². The predicted octanol–water partition coefficient (Wildman–Crippen LogP) is 2.62. The van der Waals surface area contributed by atoms with Crippen LogP contribution in [-0.2, 0) is 4.74 Å². The van der Waals surface area contributed by atoms with Crippen molar-refractivity contribution >= 4 is 23.0 Å². The van der Waals surface area contributed by atoms with E-state index in [-0.39, 0.29) is 11.8 Å². The monoisotopic (exact) mass is 318 g/mol. The summed E-state index contributed by atoms with van der Waals surface area (Å²) in [5.41, 5.74) is 0.601. The second-order valence-corrected chi connectivity index (χ2v) is 6.70. The Labute approximate surface area is 135 Å². The third-order valence-electron chi connectivity index (χ3n) is 3.17. The summed E-state index contributed by atoms with van der Waals surface area (Å²) in [6.45, 7) is 9.00. The Balaban J connectivity index is 2.24. The first-order valence-electron chi connectivity index (χ1n) is 7.53. The first kappa shape index (κ1) is 16.9. The van der Waals surface area contributed by atoms with Gasteiger partial charge in [0, 0.05) is 0 Å². The number of aromatic nitrogens is 3. The maximum Gasteiger partial charge on any atom is 0.408 e. The van der Waals surface area contributed by atoms with Gasteiger partial charge in [0.25, 0.3) is 5.91 Å². The van der Waals surface area contributed by atoms with E-state index >= 15 is 0 Å². The molecule has 0 fully saturated rings. The molecular formula is C16H22N4O3. The fraction of sp³-hybridized carbons (Fsp3) is 0.500.